The number of amides is 1. The number of aromatic nitrogens is 2. The van der Waals surface area contributed by atoms with Crippen LogP contribution in [0.1, 0.15) is 47.2 Å². The largest absolute Gasteiger partial charge is 0.465 e. The molecule has 1 aliphatic rings. The van der Waals surface area contributed by atoms with E-state index >= 15 is 0 Å². The second-order valence-corrected chi connectivity index (χ2v) is 8.06. The zero-order valence-corrected chi connectivity index (χ0v) is 18.0. The Balaban J connectivity index is 1.99. The minimum absolute atomic E-state index is 0.0754. The number of methoxy groups -OCH3 is 1. The van der Waals surface area contributed by atoms with Gasteiger partial charge >= 0.3 is 5.97 Å². The standard InChI is InChI=1S/C20H27N3O5S/c1-4-28-15(24)12-22(10-11-27-3)20(26)17-13(2)16-18(29-17)21-14-8-6-5-7-9-23(14)19(16)25/h4-12H2,1-3H3. The van der Waals surface area contributed by atoms with Crippen LogP contribution in [-0.2, 0) is 27.2 Å². The van der Waals surface area contributed by atoms with Crippen LogP contribution in [0.15, 0.2) is 4.79 Å². The molecule has 0 atom stereocenters. The predicted octanol–water partition coefficient (Wildman–Crippen LogP) is 2.14. The number of esters is 1. The first-order chi connectivity index (χ1) is 14.0. The monoisotopic (exact) mass is 421 g/mol. The highest BCUT2D eigenvalue weighted by atomic mass is 32.1. The quantitative estimate of drug-likeness (QED) is 0.636. The Kier molecular flexibility index (Phi) is 7.02. The molecule has 9 heteroatoms. The van der Waals surface area contributed by atoms with Crippen molar-refractivity contribution in [1.82, 2.24) is 14.5 Å². The summed E-state index contributed by atoms with van der Waals surface area (Å²) in [5, 5.41) is 0.506. The number of ether oxygens (including phenoxy) is 2. The number of nitrogens with zero attached hydrogens (tertiary/aromatic N) is 3. The van der Waals surface area contributed by atoms with Gasteiger partial charge in [-0.05, 0) is 32.3 Å². The number of hydrogen-bond donors (Lipinski definition) is 0. The van der Waals surface area contributed by atoms with Gasteiger partial charge in [0.25, 0.3) is 11.5 Å². The summed E-state index contributed by atoms with van der Waals surface area (Å²) in [6, 6.07) is 0. The molecule has 158 valence electrons. The molecule has 29 heavy (non-hydrogen) atoms. The predicted molar refractivity (Wildman–Crippen MR) is 111 cm³/mol. The van der Waals surface area contributed by atoms with Gasteiger partial charge in [0.2, 0.25) is 0 Å². The Morgan fingerprint density at radius 1 is 1.28 bits per heavy atom. The summed E-state index contributed by atoms with van der Waals surface area (Å²) in [5.74, 6) is 0.0128. The molecule has 0 aliphatic carbocycles. The lowest BCUT2D eigenvalue weighted by Crippen LogP contribution is -2.38. The minimum atomic E-state index is -0.472. The van der Waals surface area contributed by atoms with E-state index < -0.39 is 5.97 Å². The molecule has 0 fully saturated rings. The van der Waals surface area contributed by atoms with Crippen molar-refractivity contribution in [2.75, 3.05) is 33.4 Å². The minimum Gasteiger partial charge on any atom is -0.465 e. The number of carbonyl (C=O) groups excluding carboxylic acids is 2. The fraction of sp³-hybridized carbons (Fsp3) is 0.600. The van der Waals surface area contributed by atoms with Gasteiger partial charge in [0.15, 0.2) is 0 Å². The highest BCUT2D eigenvalue weighted by molar-refractivity contribution is 7.20. The van der Waals surface area contributed by atoms with E-state index in [2.05, 4.69) is 0 Å². The third kappa shape index (κ3) is 4.51. The highest BCUT2D eigenvalue weighted by Gasteiger charge is 2.26. The molecule has 2 aromatic heterocycles. The number of thiophene rings is 1. The first-order valence-corrected chi connectivity index (χ1v) is 10.8. The van der Waals surface area contributed by atoms with Crippen molar-refractivity contribution in [2.45, 2.75) is 46.1 Å². The molecule has 0 saturated heterocycles. The molecule has 0 radical (unpaired) electrons. The first-order valence-electron chi connectivity index (χ1n) is 9.94. The maximum Gasteiger partial charge on any atom is 0.325 e. The van der Waals surface area contributed by atoms with Crippen molar-refractivity contribution in [3.63, 3.8) is 0 Å². The fourth-order valence-electron chi connectivity index (χ4n) is 3.57. The molecule has 1 aliphatic heterocycles. The molecule has 0 spiro atoms. The van der Waals surface area contributed by atoms with Crippen LogP contribution in [-0.4, -0.2) is 59.7 Å². The SMILES string of the molecule is CCOC(=O)CN(CCOC)C(=O)c1sc2nc3n(c(=O)c2c1C)CCCCC3. The Labute approximate surface area is 173 Å². The van der Waals surface area contributed by atoms with E-state index in [1.165, 1.54) is 23.3 Å². The fourth-order valence-corrected chi connectivity index (χ4v) is 4.73. The van der Waals surface area contributed by atoms with Crippen LogP contribution in [0.5, 0.6) is 0 Å². The summed E-state index contributed by atoms with van der Waals surface area (Å²) < 4.78 is 11.8. The average molecular weight is 422 g/mol. The van der Waals surface area contributed by atoms with Gasteiger partial charge in [-0.1, -0.05) is 6.42 Å². The van der Waals surface area contributed by atoms with Crippen LogP contribution in [0.2, 0.25) is 0 Å². The van der Waals surface area contributed by atoms with E-state index in [4.69, 9.17) is 14.5 Å². The highest BCUT2D eigenvalue weighted by Crippen LogP contribution is 2.29. The second kappa shape index (κ2) is 9.49. The zero-order valence-electron chi connectivity index (χ0n) is 17.2. The van der Waals surface area contributed by atoms with E-state index in [-0.39, 0.29) is 31.2 Å². The summed E-state index contributed by atoms with van der Waals surface area (Å²) in [6.07, 6.45) is 3.83. The van der Waals surface area contributed by atoms with Crippen LogP contribution >= 0.6 is 11.3 Å². The lowest BCUT2D eigenvalue weighted by Gasteiger charge is -2.21. The Hall–Kier alpha value is -2.26. The topological polar surface area (TPSA) is 90.7 Å². The molecular formula is C20H27N3O5S. The van der Waals surface area contributed by atoms with E-state index in [0.29, 0.717) is 33.8 Å². The van der Waals surface area contributed by atoms with Crippen molar-refractivity contribution in [1.29, 1.82) is 0 Å². The number of rotatable bonds is 7. The van der Waals surface area contributed by atoms with Crippen LogP contribution < -0.4 is 5.56 Å². The number of carbonyl (C=O) groups is 2. The molecule has 3 heterocycles. The maximum absolute atomic E-state index is 13.2. The van der Waals surface area contributed by atoms with Crippen molar-refractivity contribution in [3.8, 4) is 0 Å². The van der Waals surface area contributed by atoms with Crippen molar-refractivity contribution < 1.29 is 19.1 Å². The summed E-state index contributed by atoms with van der Waals surface area (Å²) >= 11 is 1.22. The van der Waals surface area contributed by atoms with Gasteiger partial charge in [0.1, 0.15) is 17.2 Å². The Morgan fingerprint density at radius 3 is 2.79 bits per heavy atom. The number of hydrogen-bond acceptors (Lipinski definition) is 7. The molecule has 3 rings (SSSR count). The van der Waals surface area contributed by atoms with Gasteiger partial charge in [0, 0.05) is 26.6 Å². The molecule has 0 bridgehead atoms. The lowest BCUT2D eigenvalue weighted by atomic mass is 10.2. The van der Waals surface area contributed by atoms with E-state index in [9.17, 15) is 14.4 Å². The van der Waals surface area contributed by atoms with Crippen molar-refractivity contribution in [2.24, 2.45) is 0 Å². The molecule has 0 unspecified atom stereocenters. The Bertz CT molecular complexity index is 965. The molecule has 2 aromatic rings. The summed E-state index contributed by atoms with van der Waals surface area (Å²) in [4.78, 5) is 45.4. The average Bonchev–Trinajstić information content (AvgIpc) is 2.87. The normalized spacial score (nSPS) is 13.8. The molecular weight excluding hydrogens is 394 g/mol. The lowest BCUT2D eigenvalue weighted by molar-refractivity contribution is -0.143. The third-order valence-electron chi connectivity index (χ3n) is 5.08. The van der Waals surface area contributed by atoms with Gasteiger partial charge in [-0.15, -0.1) is 11.3 Å². The van der Waals surface area contributed by atoms with Gasteiger partial charge in [-0.2, -0.15) is 0 Å². The van der Waals surface area contributed by atoms with Crippen LogP contribution in [0, 0.1) is 6.92 Å². The maximum atomic E-state index is 13.2. The number of fused-ring (bicyclic) bond motifs is 2. The second-order valence-electron chi connectivity index (χ2n) is 7.06. The smallest absolute Gasteiger partial charge is 0.325 e. The van der Waals surface area contributed by atoms with Crippen molar-refractivity contribution in [3.05, 3.63) is 26.6 Å². The summed E-state index contributed by atoms with van der Waals surface area (Å²) in [6.45, 7) is 4.80. The first kappa shape index (κ1) is 21.4. The van der Waals surface area contributed by atoms with Gasteiger partial charge in [0.05, 0.1) is 23.5 Å². The van der Waals surface area contributed by atoms with Gasteiger partial charge in [-0.25, -0.2) is 4.98 Å². The van der Waals surface area contributed by atoms with Crippen LogP contribution in [0.3, 0.4) is 0 Å². The molecule has 0 N–H and O–H groups in total. The van der Waals surface area contributed by atoms with E-state index in [0.717, 1.165) is 31.5 Å². The van der Waals surface area contributed by atoms with E-state index in [1.54, 1.807) is 18.4 Å². The zero-order chi connectivity index (χ0) is 21.0. The van der Waals surface area contributed by atoms with Gasteiger partial charge in [-0.3, -0.25) is 19.0 Å². The molecule has 8 nitrogen and oxygen atoms in total. The van der Waals surface area contributed by atoms with E-state index in [1.807, 2.05) is 0 Å². The molecule has 0 saturated carbocycles. The summed E-state index contributed by atoms with van der Waals surface area (Å²) in [5.41, 5.74) is 0.548. The van der Waals surface area contributed by atoms with Crippen LogP contribution in [0.4, 0.5) is 0 Å². The molecule has 0 aromatic carbocycles. The molecule has 1 amide bonds. The summed E-state index contributed by atoms with van der Waals surface area (Å²) in [7, 11) is 1.54. The Morgan fingerprint density at radius 2 is 2.07 bits per heavy atom. The van der Waals surface area contributed by atoms with Crippen LogP contribution in [0.25, 0.3) is 10.2 Å². The third-order valence-corrected chi connectivity index (χ3v) is 6.26. The van der Waals surface area contributed by atoms with Gasteiger partial charge < -0.3 is 14.4 Å². The number of aryl methyl sites for hydroxylation is 2. The van der Waals surface area contributed by atoms with Crippen molar-refractivity contribution >= 4 is 33.4 Å².